The summed E-state index contributed by atoms with van der Waals surface area (Å²) in [7, 11) is 0. The van der Waals surface area contributed by atoms with Crippen LogP contribution < -0.4 is 25.8 Å². The summed E-state index contributed by atoms with van der Waals surface area (Å²) in [5, 5.41) is 5.12. The molecule has 3 heterocycles. The number of rotatable bonds is 4. The van der Waals surface area contributed by atoms with E-state index in [0.717, 1.165) is 31.4 Å². The van der Waals surface area contributed by atoms with Gasteiger partial charge in [-0.25, -0.2) is 0 Å². The maximum atomic E-state index is 13.0. The molecule has 1 saturated heterocycles. The van der Waals surface area contributed by atoms with Gasteiger partial charge < -0.3 is 20.3 Å². The molecule has 1 aromatic heterocycles. The summed E-state index contributed by atoms with van der Waals surface area (Å²) in [5.41, 5.74) is -0.307. The number of fused-ring (bicyclic) bond motifs is 1. The zero-order chi connectivity index (χ0) is 24.6. The Hall–Kier alpha value is -3.57. The Labute approximate surface area is 192 Å². The Morgan fingerprint density at radius 3 is 2.41 bits per heavy atom. The Kier molecular flexibility index (Phi) is 6.24. The number of anilines is 3. The zero-order valence-corrected chi connectivity index (χ0v) is 18.5. The Bertz CT molecular complexity index is 1140. The van der Waals surface area contributed by atoms with E-state index in [9.17, 15) is 27.6 Å². The van der Waals surface area contributed by atoms with Crippen molar-refractivity contribution in [3.8, 4) is 5.75 Å². The number of carbonyl (C=O) groups excluding carboxylic acids is 2. The first kappa shape index (κ1) is 23.6. The highest BCUT2D eigenvalue weighted by molar-refractivity contribution is 6.04. The summed E-state index contributed by atoms with van der Waals surface area (Å²) in [6.45, 7) is 4.07. The van der Waals surface area contributed by atoms with Crippen molar-refractivity contribution in [1.82, 2.24) is 9.97 Å². The van der Waals surface area contributed by atoms with Crippen molar-refractivity contribution in [2.45, 2.75) is 63.9 Å². The molecule has 34 heavy (non-hydrogen) atoms. The molecule has 3 atom stereocenters. The van der Waals surface area contributed by atoms with E-state index in [1.54, 1.807) is 0 Å². The lowest BCUT2D eigenvalue weighted by molar-refractivity contribution is -0.274. The first-order chi connectivity index (χ1) is 16.0. The van der Waals surface area contributed by atoms with Crippen molar-refractivity contribution >= 4 is 29.3 Å². The molecule has 0 saturated carbocycles. The van der Waals surface area contributed by atoms with Gasteiger partial charge in [0.2, 0.25) is 17.8 Å². The van der Waals surface area contributed by atoms with E-state index in [1.807, 2.05) is 18.7 Å². The van der Waals surface area contributed by atoms with Crippen molar-refractivity contribution in [1.29, 1.82) is 0 Å². The molecule has 0 spiro atoms. The average molecular weight is 479 g/mol. The van der Waals surface area contributed by atoms with Crippen LogP contribution in [0.5, 0.6) is 5.75 Å². The quantitative estimate of drug-likeness (QED) is 0.618. The predicted molar refractivity (Wildman–Crippen MR) is 118 cm³/mol. The minimum Gasteiger partial charge on any atom is -0.406 e. The first-order valence-electron chi connectivity index (χ1n) is 10.9. The number of nitrogens with zero attached hydrogens (tertiary/aromatic N) is 2. The van der Waals surface area contributed by atoms with Gasteiger partial charge in [0.25, 0.3) is 5.56 Å². The van der Waals surface area contributed by atoms with Crippen molar-refractivity contribution in [3.05, 3.63) is 40.2 Å². The molecule has 1 aromatic carbocycles. The zero-order valence-electron chi connectivity index (χ0n) is 18.5. The van der Waals surface area contributed by atoms with Crippen molar-refractivity contribution in [3.63, 3.8) is 0 Å². The number of piperidine rings is 1. The number of hydrogen-bond donors (Lipinski definition) is 3. The summed E-state index contributed by atoms with van der Waals surface area (Å²) in [4.78, 5) is 47.5. The molecule has 0 bridgehead atoms. The van der Waals surface area contributed by atoms with E-state index in [0.29, 0.717) is 5.95 Å². The molecule has 4 rings (SSSR count). The molecule has 2 aliphatic heterocycles. The second-order valence-electron chi connectivity index (χ2n) is 8.55. The largest absolute Gasteiger partial charge is 0.573 e. The fraction of sp³-hybridized carbons (Fsp3) is 0.455. The van der Waals surface area contributed by atoms with Gasteiger partial charge in [0.15, 0.2) is 0 Å². The van der Waals surface area contributed by atoms with Crippen LogP contribution in [-0.4, -0.2) is 40.2 Å². The number of H-pyrrole nitrogens is 1. The van der Waals surface area contributed by atoms with Crippen molar-refractivity contribution in [2.75, 3.05) is 15.5 Å². The fourth-order valence-electron chi connectivity index (χ4n) is 4.51. The summed E-state index contributed by atoms with van der Waals surface area (Å²) in [5.74, 6) is -2.30. The third-order valence-electron chi connectivity index (χ3n) is 6.05. The van der Waals surface area contributed by atoms with E-state index in [4.69, 9.17) is 0 Å². The molecule has 2 aliphatic rings. The third kappa shape index (κ3) is 5.00. The van der Waals surface area contributed by atoms with Crippen LogP contribution in [0.25, 0.3) is 0 Å². The van der Waals surface area contributed by atoms with Crippen LogP contribution in [0.15, 0.2) is 29.1 Å². The highest BCUT2D eigenvalue weighted by Gasteiger charge is 2.36. The second kappa shape index (κ2) is 8.99. The molecule has 12 heteroatoms. The number of halogens is 3. The molecule has 2 aromatic rings. The smallest absolute Gasteiger partial charge is 0.406 e. The molecule has 1 fully saturated rings. The monoisotopic (exact) mass is 479 g/mol. The second-order valence-corrected chi connectivity index (χ2v) is 8.55. The predicted octanol–water partition coefficient (Wildman–Crippen LogP) is 3.50. The number of benzene rings is 1. The van der Waals surface area contributed by atoms with Gasteiger partial charge in [-0.1, -0.05) is 0 Å². The number of aromatic amines is 1. The Morgan fingerprint density at radius 2 is 1.79 bits per heavy atom. The molecule has 9 nitrogen and oxygen atoms in total. The number of ether oxygens (including phenoxy) is 1. The highest BCUT2D eigenvalue weighted by Crippen LogP contribution is 2.33. The molecule has 3 N–H and O–H groups in total. The molecule has 182 valence electrons. The van der Waals surface area contributed by atoms with E-state index >= 15 is 0 Å². The van der Waals surface area contributed by atoms with E-state index < -0.39 is 35.4 Å². The van der Waals surface area contributed by atoms with Crippen LogP contribution in [0.3, 0.4) is 0 Å². The molecule has 0 radical (unpaired) electrons. The van der Waals surface area contributed by atoms with Crippen LogP contribution in [0.4, 0.5) is 30.6 Å². The number of carbonyl (C=O) groups is 2. The van der Waals surface area contributed by atoms with Gasteiger partial charge in [-0.2, -0.15) is 4.98 Å². The Morgan fingerprint density at radius 1 is 1.15 bits per heavy atom. The van der Waals surface area contributed by atoms with E-state index in [2.05, 4.69) is 25.3 Å². The van der Waals surface area contributed by atoms with Crippen molar-refractivity contribution < 1.29 is 27.5 Å². The summed E-state index contributed by atoms with van der Waals surface area (Å²) < 4.78 is 40.8. The SMILES string of the molecule is C[C@@H]1CCC[C@H](C)N1c1nc2c(c(=O)[nH]1)[C@@H](C(=O)Nc1ccc(OC(F)(F)F)cc1)CC(=O)N2. The van der Waals surface area contributed by atoms with Crippen molar-refractivity contribution in [2.24, 2.45) is 0 Å². The number of alkyl halides is 3. The van der Waals surface area contributed by atoms with Gasteiger partial charge in [0, 0.05) is 24.2 Å². The van der Waals surface area contributed by atoms with Gasteiger partial charge in [0.1, 0.15) is 11.6 Å². The van der Waals surface area contributed by atoms with Crippen LogP contribution in [0.1, 0.15) is 51.0 Å². The maximum Gasteiger partial charge on any atom is 0.573 e. The van der Waals surface area contributed by atoms with Gasteiger partial charge in [-0.3, -0.25) is 19.4 Å². The lowest BCUT2D eigenvalue weighted by atomic mass is 9.92. The number of hydrogen-bond acceptors (Lipinski definition) is 6. The van der Waals surface area contributed by atoms with Crippen LogP contribution >= 0.6 is 0 Å². The van der Waals surface area contributed by atoms with E-state index in [1.165, 1.54) is 12.1 Å². The van der Waals surface area contributed by atoms with Gasteiger partial charge in [0.05, 0.1) is 11.5 Å². The Balaban J connectivity index is 1.58. The lowest BCUT2D eigenvalue weighted by Crippen LogP contribution is -2.46. The normalized spacial score (nSPS) is 22.6. The van der Waals surface area contributed by atoms with Crippen LogP contribution in [0.2, 0.25) is 0 Å². The summed E-state index contributed by atoms with van der Waals surface area (Å²) in [6, 6.07) is 4.85. The molecule has 2 amide bonds. The molecular formula is C22H24F3N5O4. The molecular weight excluding hydrogens is 455 g/mol. The lowest BCUT2D eigenvalue weighted by Gasteiger charge is -2.39. The topological polar surface area (TPSA) is 116 Å². The number of aromatic nitrogens is 2. The molecule has 0 aliphatic carbocycles. The van der Waals surface area contributed by atoms with E-state index in [-0.39, 0.29) is 35.6 Å². The van der Waals surface area contributed by atoms with Gasteiger partial charge in [-0.05, 0) is 57.4 Å². The average Bonchev–Trinajstić information content (AvgIpc) is 2.73. The molecule has 0 unspecified atom stereocenters. The van der Waals surface area contributed by atoms with Crippen LogP contribution in [0, 0.1) is 0 Å². The fourth-order valence-corrected chi connectivity index (χ4v) is 4.51. The standard InChI is InChI=1S/C22H24F3N5O4/c1-11-4-3-5-12(2)30(11)21-28-18-17(20(33)29-21)15(10-16(31)27-18)19(32)26-13-6-8-14(9-7-13)34-22(23,24)25/h6-9,11-12,15H,3-5,10H2,1-2H3,(H,26,32)(H2,27,28,29,31,33)/t11-,12+,15-/m0/s1. The maximum absolute atomic E-state index is 13.0. The third-order valence-corrected chi connectivity index (χ3v) is 6.05. The minimum atomic E-state index is -4.83. The minimum absolute atomic E-state index is 0.0362. The van der Waals surface area contributed by atoms with Gasteiger partial charge in [-0.15, -0.1) is 13.2 Å². The van der Waals surface area contributed by atoms with Crippen LogP contribution in [-0.2, 0) is 9.59 Å². The number of nitrogens with one attached hydrogen (secondary N) is 3. The highest BCUT2D eigenvalue weighted by atomic mass is 19.4. The first-order valence-corrected chi connectivity index (χ1v) is 10.9. The summed E-state index contributed by atoms with van der Waals surface area (Å²) >= 11 is 0. The van der Waals surface area contributed by atoms with Gasteiger partial charge >= 0.3 is 6.36 Å². The summed E-state index contributed by atoms with van der Waals surface area (Å²) in [6.07, 6.45) is -2.16. The number of amides is 2.